The summed E-state index contributed by atoms with van der Waals surface area (Å²) in [6.45, 7) is 15.6. The summed E-state index contributed by atoms with van der Waals surface area (Å²) in [5, 5.41) is 1.35. The Morgan fingerprint density at radius 2 is 1.65 bits per heavy atom. The van der Waals surface area contributed by atoms with Gasteiger partial charge < -0.3 is 9.16 Å². The van der Waals surface area contributed by atoms with Gasteiger partial charge in [0.25, 0.3) is 0 Å². The van der Waals surface area contributed by atoms with Crippen LogP contribution in [0.25, 0.3) is 0 Å². The van der Waals surface area contributed by atoms with Gasteiger partial charge in [-0.05, 0) is 31.6 Å². The molecule has 0 aliphatic carbocycles. The van der Waals surface area contributed by atoms with E-state index in [9.17, 15) is 0 Å². The van der Waals surface area contributed by atoms with E-state index in [1.54, 1.807) is 0 Å². The molecule has 0 bridgehead atoms. The highest BCUT2D eigenvalue weighted by molar-refractivity contribution is 6.84. The first kappa shape index (κ1) is 17.4. The first-order valence-corrected chi connectivity index (χ1v) is 10.5. The van der Waals surface area contributed by atoms with E-state index in [0.717, 1.165) is 26.2 Å². The van der Waals surface area contributed by atoms with Crippen molar-refractivity contribution >= 4 is 13.5 Å². The van der Waals surface area contributed by atoms with Crippen molar-refractivity contribution in [1.29, 1.82) is 0 Å². The molecule has 2 nitrogen and oxygen atoms in total. The van der Waals surface area contributed by atoms with Crippen LogP contribution in [0, 0.1) is 12.3 Å². The van der Waals surface area contributed by atoms with Gasteiger partial charge in [0.05, 0.1) is 6.61 Å². The normalized spacial score (nSPS) is 12.7. The SMILES string of the molecule is CCCOCC(C)(C)CO[Si](C)(C)c1ccc(C)cc1. The van der Waals surface area contributed by atoms with Crippen LogP contribution in [-0.4, -0.2) is 28.1 Å². The predicted molar refractivity (Wildman–Crippen MR) is 89.1 cm³/mol. The molecule has 0 aromatic heterocycles. The van der Waals surface area contributed by atoms with Crippen LogP contribution in [0.5, 0.6) is 0 Å². The van der Waals surface area contributed by atoms with E-state index >= 15 is 0 Å². The summed E-state index contributed by atoms with van der Waals surface area (Å²) in [7, 11) is -1.82. The van der Waals surface area contributed by atoms with Crippen LogP contribution in [0.4, 0.5) is 0 Å². The Morgan fingerprint density at radius 3 is 2.20 bits per heavy atom. The molecule has 114 valence electrons. The summed E-state index contributed by atoms with van der Waals surface area (Å²) in [6, 6.07) is 8.76. The number of ether oxygens (including phenoxy) is 1. The fourth-order valence-corrected chi connectivity index (χ4v) is 3.84. The van der Waals surface area contributed by atoms with Gasteiger partial charge in [-0.1, -0.05) is 50.6 Å². The lowest BCUT2D eigenvalue weighted by Crippen LogP contribution is -2.47. The Labute approximate surface area is 125 Å². The van der Waals surface area contributed by atoms with Crippen molar-refractivity contribution in [1.82, 2.24) is 0 Å². The van der Waals surface area contributed by atoms with E-state index in [0.29, 0.717) is 0 Å². The molecule has 0 amide bonds. The maximum Gasteiger partial charge on any atom is 0.218 e. The van der Waals surface area contributed by atoms with Crippen LogP contribution >= 0.6 is 0 Å². The number of hydrogen-bond acceptors (Lipinski definition) is 2. The standard InChI is InChI=1S/C17H30O2Si/c1-7-12-18-13-17(3,4)14-19-20(5,6)16-10-8-15(2)9-11-16/h8-11H,7,12-14H2,1-6H3. The second kappa shape index (κ2) is 7.39. The fourth-order valence-electron chi connectivity index (χ4n) is 1.95. The Kier molecular flexibility index (Phi) is 6.43. The number of hydrogen-bond donors (Lipinski definition) is 0. The van der Waals surface area contributed by atoms with Gasteiger partial charge in [-0.3, -0.25) is 0 Å². The minimum atomic E-state index is -1.82. The maximum absolute atomic E-state index is 6.31. The van der Waals surface area contributed by atoms with E-state index in [2.05, 4.69) is 65.1 Å². The molecule has 1 rings (SSSR count). The van der Waals surface area contributed by atoms with E-state index in [4.69, 9.17) is 9.16 Å². The van der Waals surface area contributed by atoms with Gasteiger partial charge in [-0.25, -0.2) is 0 Å². The molecule has 0 atom stereocenters. The molecule has 0 saturated heterocycles. The second-order valence-corrected chi connectivity index (χ2v) is 10.8. The third kappa shape index (κ3) is 5.78. The minimum absolute atomic E-state index is 0.0735. The molecule has 0 aliphatic rings. The second-order valence-electron chi connectivity index (χ2n) is 6.88. The van der Waals surface area contributed by atoms with Crippen molar-refractivity contribution in [2.45, 2.75) is 47.2 Å². The Hall–Kier alpha value is -0.643. The lowest BCUT2D eigenvalue weighted by molar-refractivity contribution is 0.0336. The predicted octanol–water partition coefficient (Wildman–Crippen LogP) is 3.88. The van der Waals surface area contributed by atoms with Gasteiger partial charge in [-0.15, -0.1) is 0 Å². The van der Waals surface area contributed by atoms with E-state index in [1.165, 1.54) is 10.8 Å². The van der Waals surface area contributed by atoms with Crippen molar-refractivity contribution in [2.24, 2.45) is 5.41 Å². The molecule has 0 heterocycles. The maximum atomic E-state index is 6.31. The number of rotatable bonds is 8. The molecule has 20 heavy (non-hydrogen) atoms. The van der Waals surface area contributed by atoms with Crippen molar-refractivity contribution in [3.8, 4) is 0 Å². The van der Waals surface area contributed by atoms with Gasteiger partial charge in [0.1, 0.15) is 0 Å². The Morgan fingerprint density at radius 1 is 1.05 bits per heavy atom. The van der Waals surface area contributed by atoms with Gasteiger partial charge in [0, 0.05) is 18.6 Å². The summed E-state index contributed by atoms with van der Waals surface area (Å²) < 4.78 is 12.0. The molecular weight excluding hydrogens is 264 g/mol. The number of benzene rings is 1. The third-order valence-electron chi connectivity index (χ3n) is 3.41. The molecule has 0 aliphatic heterocycles. The summed E-state index contributed by atoms with van der Waals surface area (Å²) in [4.78, 5) is 0. The topological polar surface area (TPSA) is 18.5 Å². The summed E-state index contributed by atoms with van der Waals surface area (Å²) in [5.41, 5.74) is 1.37. The zero-order valence-electron chi connectivity index (χ0n) is 14.0. The minimum Gasteiger partial charge on any atom is -0.412 e. The lowest BCUT2D eigenvalue weighted by atomic mass is 9.97. The lowest BCUT2D eigenvalue weighted by Gasteiger charge is -2.31. The largest absolute Gasteiger partial charge is 0.412 e. The van der Waals surface area contributed by atoms with Crippen molar-refractivity contribution in [2.75, 3.05) is 19.8 Å². The summed E-state index contributed by atoms with van der Waals surface area (Å²) in [5.74, 6) is 0. The summed E-state index contributed by atoms with van der Waals surface area (Å²) >= 11 is 0. The van der Waals surface area contributed by atoms with Crippen LogP contribution in [-0.2, 0) is 9.16 Å². The molecule has 0 radical (unpaired) electrons. The average Bonchev–Trinajstić information content (AvgIpc) is 2.37. The van der Waals surface area contributed by atoms with E-state index < -0.39 is 8.32 Å². The van der Waals surface area contributed by atoms with E-state index in [-0.39, 0.29) is 5.41 Å². The smallest absolute Gasteiger partial charge is 0.218 e. The molecule has 0 fully saturated rings. The Bertz CT molecular complexity index is 396. The molecule has 1 aromatic carbocycles. The molecular formula is C17H30O2Si. The zero-order valence-corrected chi connectivity index (χ0v) is 15.0. The first-order chi connectivity index (χ1) is 9.27. The molecule has 3 heteroatoms. The Balaban J connectivity index is 2.55. The van der Waals surface area contributed by atoms with Gasteiger partial charge in [0.2, 0.25) is 8.32 Å². The van der Waals surface area contributed by atoms with Crippen LogP contribution in [0.3, 0.4) is 0 Å². The van der Waals surface area contributed by atoms with Crippen molar-refractivity contribution < 1.29 is 9.16 Å². The zero-order chi connectivity index (χ0) is 15.2. The summed E-state index contributed by atoms with van der Waals surface area (Å²) in [6.07, 6.45) is 1.07. The van der Waals surface area contributed by atoms with Crippen LogP contribution in [0.1, 0.15) is 32.8 Å². The van der Waals surface area contributed by atoms with Gasteiger partial charge in [-0.2, -0.15) is 0 Å². The molecule has 0 saturated carbocycles. The van der Waals surface area contributed by atoms with Crippen LogP contribution < -0.4 is 5.19 Å². The fraction of sp³-hybridized carbons (Fsp3) is 0.647. The van der Waals surface area contributed by atoms with Crippen molar-refractivity contribution in [3.63, 3.8) is 0 Å². The van der Waals surface area contributed by atoms with Crippen LogP contribution in [0.15, 0.2) is 24.3 Å². The number of aryl methyl sites for hydroxylation is 1. The van der Waals surface area contributed by atoms with E-state index in [1.807, 2.05) is 0 Å². The molecule has 1 aromatic rings. The molecule has 0 unspecified atom stereocenters. The molecule has 0 N–H and O–H groups in total. The quantitative estimate of drug-likeness (QED) is 0.535. The van der Waals surface area contributed by atoms with Gasteiger partial charge >= 0.3 is 0 Å². The van der Waals surface area contributed by atoms with Crippen LogP contribution in [0.2, 0.25) is 13.1 Å². The average molecular weight is 295 g/mol. The highest BCUT2D eigenvalue weighted by Crippen LogP contribution is 2.19. The van der Waals surface area contributed by atoms with Crippen molar-refractivity contribution in [3.05, 3.63) is 29.8 Å². The molecule has 0 spiro atoms. The first-order valence-electron chi connectivity index (χ1n) is 7.56. The highest BCUT2D eigenvalue weighted by Gasteiger charge is 2.29. The third-order valence-corrected chi connectivity index (χ3v) is 6.00. The highest BCUT2D eigenvalue weighted by atomic mass is 28.4. The monoisotopic (exact) mass is 294 g/mol. The van der Waals surface area contributed by atoms with Gasteiger partial charge in [0.15, 0.2) is 0 Å².